The molecule has 7 nitrogen and oxygen atoms in total. The van der Waals surface area contributed by atoms with E-state index in [-0.39, 0.29) is 12.5 Å². The molecule has 1 aromatic carbocycles. The zero-order chi connectivity index (χ0) is 19.8. The molecular formula is C18H19FN4O3S. The molecule has 0 spiro atoms. The first-order chi connectivity index (χ1) is 12.8. The Bertz CT molecular complexity index is 898. The summed E-state index contributed by atoms with van der Waals surface area (Å²) in [5.41, 5.74) is -0.181. The van der Waals surface area contributed by atoms with Crippen molar-refractivity contribution in [3.05, 3.63) is 46.7 Å². The van der Waals surface area contributed by atoms with Gasteiger partial charge in [-0.25, -0.2) is 14.2 Å². The number of aromatic nitrogens is 1. The number of hydrogen-bond acceptors (Lipinski definition) is 5. The first-order valence-electron chi connectivity index (χ1n) is 8.37. The number of carbonyl (C=O) groups excluding carboxylic acids is 3. The van der Waals surface area contributed by atoms with E-state index in [1.165, 1.54) is 47.4 Å². The third kappa shape index (κ3) is 3.30. The van der Waals surface area contributed by atoms with Crippen molar-refractivity contribution in [1.29, 1.82) is 0 Å². The van der Waals surface area contributed by atoms with E-state index in [9.17, 15) is 18.8 Å². The highest BCUT2D eigenvalue weighted by Gasteiger charge is 2.51. The predicted molar refractivity (Wildman–Crippen MR) is 98.6 cm³/mol. The van der Waals surface area contributed by atoms with E-state index in [1.54, 1.807) is 19.4 Å². The fourth-order valence-electron chi connectivity index (χ4n) is 2.96. The number of rotatable bonds is 5. The van der Waals surface area contributed by atoms with E-state index in [0.29, 0.717) is 22.8 Å². The minimum absolute atomic E-state index is 0.00411. The number of amides is 4. The Morgan fingerprint density at radius 1 is 1.33 bits per heavy atom. The van der Waals surface area contributed by atoms with Crippen LogP contribution in [-0.2, 0) is 21.7 Å². The van der Waals surface area contributed by atoms with Crippen LogP contribution in [-0.4, -0.2) is 34.8 Å². The molecule has 2 heterocycles. The number of anilines is 1. The number of hydrogen-bond donors (Lipinski definition) is 1. The third-order valence-corrected chi connectivity index (χ3v) is 5.63. The van der Waals surface area contributed by atoms with Crippen LogP contribution < -0.4 is 10.2 Å². The van der Waals surface area contributed by atoms with Gasteiger partial charge in [-0.15, -0.1) is 11.3 Å². The van der Waals surface area contributed by atoms with E-state index in [0.717, 1.165) is 4.90 Å². The molecule has 1 aromatic heterocycles. The second-order valence-corrected chi connectivity index (χ2v) is 7.12. The van der Waals surface area contributed by atoms with Gasteiger partial charge in [-0.1, -0.05) is 19.1 Å². The van der Waals surface area contributed by atoms with E-state index >= 15 is 0 Å². The molecular weight excluding hydrogens is 371 g/mol. The third-order valence-electron chi connectivity index (χ3n) is 4.66. The Labute approximate surface area is 159 Å². The molecule has 4 amide bonds. The lowest BCUT2D eigenvalue weighted by atomic mass is 9.87. The van der Waals surface area contributed by atoms with E-state index in [2.05, 4.69) is 10.3 Å². The summed E-state index contributed by atoms with van der Waals surface area (Å²) >= 11 is 1.26. The van der Waals surface area contributed by atoms with E-state index in [4.69, 9.17) is 0 Å². The zero-order valence-electron chi connectivity index (χ0n) is 15.2. The molecule has 2 aromatic rings. The number of halogens is 1. The van der Waals surface area contributed by atoms with Crippen molar-refractivity contribution in [2.45, 2.75) is 32.4 Å². The van der Waals surface area contributed by atoms with Crippen molar-refractivity contribution in [3.63, 3.8) is 0 Å². The van der Waals surface area contributed by atoms with Crippen LogP contribution in [0.3, 0.4) is 0 Å². The molecule has 1 atom stereocenters. The summed E-state index contributed by atoms with van der Waals surface area (Å²) in [7, 11) is 1.61. The Balaban J connectivity index is 1.85. The normalized spacial score (nSPS) is 19.3. The molecule has 1 aliphatic rings. The van der Waals surface area contributed by atoms with Gasteiger partial charge in [-0.3, -0.25) is 19.4 Å². The van der Waals surface area contributed by atoms with Crippen molar-refractivity contribution in [3.8, 4) is 0 Å². The summed E-state index contributed by atoms with van der Waals surface area (Å²) in [5, 5.41) is 4.94. The highest BCUT2D eigenvalue weighted by molar-refractivity contribution is 7.14. The Morgan fingerprint density at radius 2 is 2.00 bits per heavy atom. The molecule has 3 rings (SSSR count). The monoisotopic (exact) mass is 390 g/mol. The number of carbonyl (C=O) groups is 3. The van der Waals surface area contributed by atoms with Gasteiger partial charge in [-0.2, -0.15) is 0 Å². The second kappa shape index (κ2) is 7.07. The number of nitrogens with zero attached hydrogens (tertiary/aromatic N) is 3. The van der Waals surface area contributed by atoms with Crippen LogP contribution in [0.2, 0.25) is 0 Å². The number of nitrogens with one attached hydrogen (secondary N) is 1. The molecule has 0 saturated carbocycles. The summed E-state index contributed by atoms with van der Waals surface area (Å²) < 4.78 is 13.2. The highest BCUT2D eigenvalue weighted by Crippen LogP contribution is 2.33. The molecule has 1 saturated heterocycles. The van der Waals surface area contributed by atoms with Gasteiger partial charge in [0.05, 0.1) is 12.2 Å². The minimum Gasteiger partial charge on any atom is -0.319 e. The number of urea groups is 1. The lowest BCUT2D eigenvalue weighted by Crippen LogP contribution is -2.43. The SMILES string of the molecule is CCC1(c2ccc(F)cc2)NC(=O)N(Cc2csc(N(C)C(C)=O)n2)C1=O. The van der Waals surface area contributed by atoms with Crippen LogP contribution in [0.4, 0.5) is 14.3 Å². The maximum absolute atomic E-state index is 13.2. The summed E-state index contributed by atoms with van der Waals surface area (Å²) in [5.74, 6) is -0.980. The smallest absolute Gasteiger partial charge is 0.319 e. The summed E-state index contributed by atoms with van der Waals surface area (Å²) in [6.45, 7) is 3.21. The molecule has 1 aliphatic heterocycles. The van der Waals surface area contributed by atoms with Gasteiger partial charge < -0.3 is 5.32 Å². The van der Waals surface area contributed by atoms with Gasteiger partial charge in [0.15, 0.2) is 5.13 Å². The van der Waals surface area contributed by atoms with Crippen LogP contribution in [0.1, 0.15) is 31.5 Å². The van der Waals surface area contributed by atoms with Crippen molar-refractivity contribution < 1.29 is 18.8 Å². The van der Waals surface area contributed by atoms with Gasteiger partial charge in [0.2, 0.25) is 5.91 Å². The van der Waals surface area contributed by atoms with Crippen LogP contribution in [0.5, 0.6) is 0 Å². The van der Waals surface area contributed by atoms with Gasteiger partial charge in [0.25, 0.3) is 5.91 Å². The zero-order valence-corrected chi connectivity index (χ0v) is 16.0. The second-order valence-electron chi connectivity index (χ2n) is 6.29. The fraction of sp³-hybridized carbons (Fsp3) is 0.333. The standard InChI is InChI=1S/C18H19FN4O3S/c1-4-18(12-5-7-13(19)8-6-12)15(25)23(16(26)21-18)9-14-10-27-17(20-14)22(3)11(2)24/h5-8,10H,4,9H2,1-3H3,(H,21,26). The van der Waals surface area contributed by atoms with Gasteiger partial charge in [0, 0.05) is 19.4 Å². The van der Waals surface area contributed by atoms with Gasteiger partial charge >= 0.3 is 6.03 Å². The van der Waals surface area contributed by atoms with Crippen molar-refractivity contribution >= 4 is 34.3 Å². The Kier molecular flexibility index (Phi) is 4.97. The van der Waals surface area contributed by atoms with E-state index in [1.807, 2.05) is 0 Å². The Morgan fingerprint density at radius 3 is 2.59 bits per heavy atom. The molecule has 0 radical (unpaired) electrons. The summed E-state index contributed by atoms with van der Waals surface area (Å²) in [4.78, 5) is 43.8. The lowest BCUT2D eigenvalue weighted by molar-refractivity contribution is -0.132. The van der Waals surface area contributed by atoms with Crippen LogP contribution in [0.25, 0.3) is 0 Å². The van der Waals surface area contributed by atoms with Crippen molar-refractivity contribution in [2.24, 2.45) is 0 Å². The van der Waals surface area contributed by atoms with Crippen LogP contribution in [0.15, 0.2) is 29.6 Å². The van der Waals surface area contributed by atoms with Crippen molar-refractivity contribution in [1.82, 2.24) is 15.2 Å². The molecule has 1 unspecified atom stereocenters. The molecule has 1 N–H and O–H groups in total. The summed E-state index contributed by atoms with van der Waals surface area (Å²) in [6, 6.07) is 5.01. The molecule has 1 fully saturated rings. The van der Waals surface area contributed by atoms with Crippen molar-refractivity contribution in [2.75, 3.05) is 11.9 Å². The van der Waals surface area contributed by atoms with Crippen LogP contribution >= 0.6 is 11.3 Å². The molecule has 27 heavy (non-hydrogen) atoms. The number of benzene rings is 1. The fourth-order valence-corrected chi connectivity index (χ4v) is 3.79. The highest BCUT2D eigenvalue weighted by atomic mass is 32.1. The summed E-state index contributed by atoms with van der Waals surface area (Å²) in [6.07, 6.45) is 0.328. The number of imide groups is 1. The average molecular weight is 390 g/mol. The molecule has 0 aliphatic carbocycles. The lowest BCUT2D eigenvalue weighted by Gasteiger charge is -2.25. The Hall–Kier alpha value is -2.81. The maximum atomic E-state index is 13.2. The molecule has 142 valence electrons. The van der Waals surface area contributed by atoms with Crippen LogP contribution in [0, 0.1) is 5.82 Å². The quantitative estimate of drug-likeness (QED) is 0.796. The topological polar surface area (TPSA) is 82.6 Å². The first-order valence-corrected chi connectivity index (χ1v) is 9.25. The van der Waals surface area contributed by atoms with E-state index < -0.39 is 23.3 Å². The first kappa shape index (κ1) is 19.0. The minimum atomic E-state index is -1.22. The predicted octanol–water partition coefficient (Wildman–Crippen LogP) is 2.62. The van der Waals surface area contributed by atoms with Gasteiger partial charge in [-0.05, 0) is 24.1 Å². The number of thiazole rings is 1. The average Bonchev–Trinajstić information content (AvgIpc) is 3.20. The molecule has 9 heteroatoms. The molecule has 0 bridgehead atoms. The van der Waals surface area contributed by atoms with Gasteiger partial charge in [0.1, 0.15) is 11.4 Å². The maximum Gasteiger partial charge on any atom is 0.325 e. The largest absolute Gasteiger partial charge is 0.325 e.